The van der Waals surface area contributed by atoms with E-state index in [2.05, 4.69) is 15.5 Å². The van der Waals surface area contributed by atoms with Crippen LogP contribution in [0.1, 0.15) is 11.6 Å². The Morgan fingerprint density at radius 1 is 1.33 bits per heavy atom. The van der Waals surface area contributed by atoms with Gasteiger partial charge in [-0.1, -0.05) is 11.6 Å². The quantitative estimate of drug-likeness (QED) is 0.915. The first-order chi connectivity index (χ1) is 9.95. The smallest absolute Gasteiger partial charge is 0.238 e. The molecule has 0 bridgehead atoms. The first kappa shape index (κ1) is 15.5. The van der Waals surface area contributed by atoms with Gasteiger partial charge in [0.25, 0.3) is 0 Å². The molecule has 112 valence electrons. The molecule has 0 fully saturated rings. The van der Waals surface area contributed by atoms with E-state index in [1.165, 1.54) is 0 Å². The Hall–Kier alpha value is -1.92. The molecule has 0 aliphatic heterocycles. The highest BCUT2D eigenvalue weighted by molar-refractivity contribution is 6.30. The molecule has 0 aliphatic carbocycles. The van der Waals surface area contributed by atoms with Gasteiger partial charge in [0.15, 0.2) is 0 Å². The zero-order valence-corrected chi connectivity index (χ0v) is 13.1. The molecule has 0 saturated carbocycles. The summed E-state index contributed by atoms with van der Waals surface area (Å²) in [6, 6.07) is 7.02. The highest BCUT2D eigenvalue weighted by Gasteiger charge is 2.11. The van der Waals surface area contributed by atoms with Gasteiger partial charge in [-0.25, -0.2) is 0 Å². The van der Waals surface area contributed by atoms with E-state index in [0.29, 0.717) is 11.6 Å². The average Bonchev–Trinajstić information content (AvgIpc) is 2.73. The summed E-state index contributed by atoms with van der Waals surface area (Å²) in [6.07, 6.45) is 0. The minimum Gasteiger partial charge on any atom is -0.325 e. The molecule has 1 aromatic heterocycles. The van der Waals surface area contributed by atoms with Gasteiger partial charge in [-0.15, -0.1) is 10.2 Å². The summed E-state index contributed by atoms with van der Waals surface area (Å²) in [6.45, 7) is 2.73. The van der Waals surface area contributed by atoms with Crippen LogP contribution in [0.5, 0.6) is 0 Å². The second-order valence-corrected chi connectivity index (χ2v) is 5.39. The number of benzene rings is 1. The third kappa shape index (κ3) is 4.27. The van der Waals surface area contributed by atoms with Crippen molar-refractivity contribution in [2.75, 3.05) is 18.9 Å². The van der Waals surface area contributed by atoms with Crippen molar-refractivity contribution in [3.63, 3.8) is 0 Å². The Labute approximate surface area is 128 Å². The monoisotopic (exact) mass is 307 g/mol. The zero-order valence-electron chi connectivity index (χ0n) is 12.3. The van der Waals surface area contributed by atoms with Crippen LogP contribution < -0.4 is 5.32 Å². The Morgan fingerprint density at radius 3 is 2.57 bits per heavy atom. The van der Waals surface area contributed by atoms with Crippen LogP contribution in [0.4, 0.5) is 5.69 Å². The lowest BCUT2D eigenvalue weighted by Gasteiger charge is -2.15. The van der Waals surface area contributed by atoms with E-state index in [0.717, 1.165) is 17.3 Å². The van der Waals surface area contributed by atoms with Gasteiger partial charge in [0.1, 0.15) is 11.6 Å². The lowest BCUT2D eigenvalue weighted by atomic mass is 10.3. The van der Waals surface area contributed by atoms with Crippen LogP contribution in [0, 0.1) is 6.92 Å². The van der Waals surface area contributed by atoms with Crippen LogP contribution in [-0.2, 0) is 18.4 Å². The second-order valence-electron chi connectivity index (χ2n) is 4.95. The number of aryl methyl sites for hydroxylation is 1. The van der Waals surface area contributed by atoms with Crippen molar-refractivity contribution < 1.29 is 4.79 Å². The maximum absolute atomic E-state index is 12.0. The molecule has 21 heavy (non-hydrogen) atoms. The van der Waals surface area contributed by atoms with Crippen LogP contribution >= 0.6 is 11.6 Å². The van der Waals surface area contributed by atoms with Crippen molar-refractivity contribution in [1.82, 2.24) is 19.7 Å². The lowest BCUT2D eigenvalue weighted by molar-refractivity contribution is -0.117. The van der Waals surface area contributed by atoms with Crippen LogP contribution in [-0.4, -0.2) is 39.2 Å². The summed E-state index contributed by atoms with van der Waals surface area (Å²) < 4.78 is 1.91. The summed E-state index contributed by atoms with van der Waals surface area (Å²) in [7, 11) is 3.78. The fourth-order valence-electron chi connectivity index (χ4n) is 1.86. The van der Waals surface area contributed by atoms with Crippen LogP contribution in [0.2, 0.25) is 5.02 Å². The molecule has 7 heteroatoms. The number of carbonyl (C=O) groups excluding carboxylic acids is 1. The van der Waals surface area contributed by atoms with Crippen molar-refractivity contribution in [3.8, 4) is 0 Å². The van der Waals surface area contributed by atoms with Crippen molar-refractivity contribution >= 4 is 23.2 Å². The molecule has 2 rings (SSSR count). The number of likely N-dealkylation sites (N-methyl/N-ethyl adjacent to an activating group) is 1. The Morgan fingerprint density at radius 2 is 2.00 bits per heavy atom. The van der Waals surface area contributed by atoms with Crippen molar-refractivity contribution in [3.05, 3.63) is 40.9 Å². The molecule has 0 aliphatic rings. The highest BCUT2D eigenvalue weighted by atomic mass is 35.5. The number of nitrogens with one attached hydrogen (secondary N) is 1. The number of amides is 1. The maximum Gasteiger partial charge on any atom is 0.238 e. The van der Waals surface area contributed by atoms with E-state index in [-0.39, 0.29) is 12.5 Å². The van der Waals surface area contributed by atoms with Crippen LogP contribution in [0.25, 0.3) is 0 Å². The third-order valence-corrected chi connectivity index (χ3v) is 3.39. The predicted octanol–water partition coefficient (Wildman–Crippen LogP) is 1.85. The van der Waals surface area contributed by atoms with Gasteiger partial charge < -0.3 is 9.88 Å². The van der Waals surface area contributed by atoms with E-state index < -0.39 is 0 Å². The number of anilines is 1. The molecular weight excluding hydrogens is 290 g/mol. The standard InChI is InChI=1S/C14H18ClN5O/c1-10-17-18-13(20(10)3)8-19(2)9-14(21)16-12-6-4-11(15)5-7-12/h4-7H,8-9H2,1-3H3,(H,16,21). The number of nitrogens with zero attached hydrogens (tertiary/aromatic N) is 4. The maximum atomic E-state index is 12.0. The van der Waals surface area contributed by atoms with Gasteiger partial charge >= 0.3 is 0 Å². The molecule has 1 amide bonds. The lowest BCUT2D eigenvalue weighted by Crippen LogP contribution is -2.30. The average molecular weight is 308 g/mol. The van der Waals surface area contributed by atoms with Crippen molar-refractivity contribution in [2.45, 2.75) is 13.5 Å². The van der Waals surface area contributed by atoms with E-state index in [1.54, 1.807) is 24.3 Å². The van der Waals surface area contributed by atoms with Crippen molar-refractivity contribution in [2.24, 2.45) is 7.05 Å². The van der Waals surface area contributed by atoms with Gasteiger partial charge in [-0.05, 0) is 38.2 Å². The SMILES string of the molecule is Cc1nnc(CN(C)CC(=O)Nc2ccc(Cl)cc2)n1C. The molecule has 0 radical (unpaired) electrons. The predicted molar refractivity (Wildman–Crippen MR) is 82.2 cm³/mol. The fraction of sp³-hybridized carbons (Fsp3) is 0.357. The van der Waals surface area contributed by atoms with E-state index in [9.17, 15) is 4.79 Å². The molecule has 1 aromatic carbocycles. The van der Waals surface area contributed by atoms with E-state index in [4.69, 9.17) is 11.6 Å². The summed E-state index contributed by atoms with van der Waals surface area (Å²) >= 11 is 5.80. The number of hydrogen-bond acceptors (Lipinski definition) is 4. The summed E-state index contributed by atoms with van der Waals surface area (Å²) in [5, 5.41) is 11.5. The van der Waals surface area contributed by atoms with E-state index >= 15 is 0 Å². The number of aromatic nitrogens is 3. The molecule has 1 heterocycles. The molecular formula is C14H18ClN5O. The van der Waals surface area contributed by atoms with E-state index in [1.807, 2.05) is 30.5 Å². The zero-order chi connectivity index (χ0) is 15.4. The number of rotatable bonds is 5. The summed E-state index contributed by atoms with van der Waals surface area (Å²) in [5.41, 5.74) is 0.729. The Kier molecular flexibility index (Phi) is 4.93. The van der Waals surface area contributed by atoms with Gasteiger partial charge in [-0.2, -0.15) is 0 Å². The van der Waals surface area contributed by atoms with Crippen LogP contribution in [0.15, 0.2) is 24.3 Å². The molecule has 1 N–H and O–H groups in total. The number of carbonyl (C=O) groups is 1. The normalized spacial score (nSPS) is 10.9. The number of halogens is 1. The summed E-state index contributed by atoms with van der Waals surface area (Å²) in [5.74, 6) is 1.59. The molecule has 0 atom stereocenters. The van der Waals surface area contributed by atoms with Crippen molar-refractivity contribution in [1.29, 1.82) is 0 Å². The number of hydrogen-bond donors (Lipinski definition) is 1. The topological polar surface area (TPSA) is 63.1 Å². The molecule has 0 saturated heterocycles. The Bertz CT molecular complexity index is 623. The highest BCUT2D eigenvalue weighted by Crippen LogP contribution is 2.13. The fourth-order valence-corrected chi connectivity index (χ4v) is 1.99. The minimum atomic E-state index is -0.0845. The first-order valence-corrected chi connectivity index (χ1v) is 6.92. The third-order valence-electron chi connectivity index (χ3n) is 3.14. The van der Waals surface area contributed by atoms with Crippen LogP contribution in [0.3, 0.4) is 0 Å². The van der Waals surface area contributed by atoms with Gasteiger partial charge in [0, 0.05) is 17.8 Å². The summed E-state index contributed by atoms with van der Waals surface area (Å²) in [4.78, 5) is 13.8. The van der Waals surface area contributed by atoms with Gasteiger partial charge in [-0.3, -0.25) is 9.69 Å². The first-order valence-electron chi connectivity index (χ1n) is 6.54. The molecule has 0 spiro atoms. The molecule has 6 nitrogen and oxygen atoms in total. The minimum absolute atomic E-state index is 0.0845. The molecule has 2 aromatic rings. The Balaban J connectivity index is 1.87. The van der Waals surface area contributed by atoms with Gasteiger partial charge in [0.05, 0.1) is 13.1 Å². The second kappa shape index (κ2) is 6.69. The largest absolute Gasteiger partial charge is 0.325 e. The van der Waals surface area contributed by atoms with Gasteiger partial charge in [0.2, 0.25) is 5.91 Å². The molecule has 0 unspecified atom stereocenters.